The van der Waals surface area contributed by atoms with Gasteiger partial charge in [-0.3, -0.25) is 4.79 Å². The van der Waals surface area contributed by atoms with Crippen molar-refractivity contribution in [3.05, 3.63) is 40.2 Å². The predicted molar refractivity (Wildman–Crippen MR) is 68.0 cm³/mol. The number of benzene rings is 1. The van der Waals surface area contributed by atoms with Gasteiger partial charge in [0.25, 0.3) is 5.56 Å². The first-order chi connectivity index (χ1) is 8.74. The molecule has 0 aliphatic carbocycles. The fourth-order valence-corrected chi connectivity index (χ4v) is 2.72. The molecule has 1 N–H and O–H groups in total. The number of aromatic amines is 1. The van der Waals surface area contributed by atoms with Crippen LogP contribution in [-0.4, -0.2) is 22.0 Å². The Morgan fingerprint density at radius 1 is 1.56 bits per heavy atom. The van der Waals surface area contributed by atoms with Crippen LogP contribution >= 0.6 is 11.8 Å². The first-order valence-corrected chi connectivity index (χ1v) is 6.69. The third-order valence-electron chi connectivity index (χ3n) is 2.80. The van der Waals surface area contributed by atoms with E-state index in [9.17, 15) is 9.18 Å². The number of ether oxygens (including phenoxy) is 1. The molecule has 6 heteroatoms. The molecule has 1 aromatic heterocycles. The first kappa shape index (κ1) is 11.7. The van der Waals surface area contributed by atoms with E-state index in [1.165, 1.54) is 6.07 Å². The minimum absolute atomic E-state index is 0.0196. The summed E-state index contributed by atoms with van der Waals surface area (Å²) in [4.78, 5) is 18.6. The average molecular weight is 266 g/mol. The van der Waals surface area contributed by atoms with Crippen molar-refractivity contribution in [2.45, 2.75) is 17.6 Å². The van der Waals surface area contributed by atoms with Crippen molar-refractivity contribution in [1.82, 2.24) is 9.97 Å². The number of nitrogens with zero attached hydrogens (tertiary/aromatic N) is 1. The topological polar surface area (TPSA) is 55.0 Å². The molecule has 4 nitrogen and oxygen atoms in total. The zero-order valence-electron chi connectivity index (χ0n) is 9.48. The normalized spacial score (nSPS) is 18.8. The molecular formula is C12H11FN2O2S. The number of rotatable bonds is 3. The number of thioether (sulfide) groups is 1. The average Bonchev–Trinajstić information content (AvgIpc) is 2.26. The zero-order chi connectivity index (χ0) is 12.5. The molecule has 0 bridgehead atoms. The maximum absolute atomic E-state index is 13.5. The van der Waals surface area contributed by atoms with E-state index in [2.05, 4.69) is 9.97 Å². The number of hydrogen-bond donors (Lipinski definition) is 1. The molecule has 94 valence electrons. The van der Waals surface area contributed by atoms with Crippen LogP contribution in [0.15, 0.2) is 23.0 Å². The maximum Gasteiger partial charge on any atom is 0.261 e. The Morgan fingerprint density at radius 3 is 3.11 bits per heavy atom. The highest BCUT2D eigenvalue weighted by Crippen LogP contribution is 2.26. The number of nitrogens with one attached hydrogen (secondary N) is 1. The molecule has 1 aliphatic rings. The van der Waals surface area contributed by atoms with Crippen molar-refractivity contribution in [3.8, 4) is 0 Å². The van der Waals surface area contributed by atoms with Crippen LogP contribution in [-0.2, 0) is 10.5 Å². The smallest absolute Gasteiger partial charge is 0.261 e. The van der Waals surface area contributed by atoms with Gasteiger partial charge in [0, 0.05) is 6.42 Å². The van der Waals surface area contributed by atoms with Gasteiger partial charge in [-0.2, -0.15) is 0 Å². The molecule has 1 saturated heterocycles. The highest BCUT2D eigenvalue weighted by Gasteiger charge is 2.19. The summed E-state index contributed by atoms with van der Waals surface area (Å²) in [5, 5.41) is 0.0196. The molecule has 18 heavy (non-hydrogen) atoms. The lowest BCUT2D eigenvalue weighted by atomic mass is 10.2. The molecule has 2 aromatic rings. The molecule has 1 aromatic carbocycles. The largest absolute Gasteiger partial charge is 0.367 e. The maximum atomic E-state index is 13.5. The van der Waals surface area contributed by atoms with Crippen LogP contribution in [0.1, 0.15) is 12.2 Å². The van der Waals surface area contributed by atoms with Crippen molar-refractivity contribution in [3.63, 3.8) is 0 Å². The molecule has 0 spiro atoms. The molecule has 1 aliphatic heterocycles. The number of halogens is 1. The highest BCUT2D eigenvalue weighted by atomic mass is 32.2. The van der Waals surface area contributed by atoms with Crippen LogP contribution in [0.25, 0.3) is 10.9 Å². The van der Waals surface area contributed by atoms with Crippen LogP contribution in [0.3, 0.4) is 0 Å². The number of fused-ring (bicyclic) bond motifs is 1. The summed E-state index contributed by atoms with van der Waals surface area (Å²) in [6, 6.07) is 4.45. The van der Waals surface area contributed by atoms with Gasteiger partial charge in [-0.1, -0.05) is 6.07 Å². The van der Waals surface area contributed by atoms with E-state index >= 15 is 0 Å². The van der Waals surface area contributed by atoms with Gasteiger partial charge >= 0.3 is 0 Å². The Hall–Kier alpha value is -1.40. The molecule has 0 radical (unpaired) electrons. The van der Waals surface area contributed by atoms with E-state index in [4.69, 9.17) is 4.74 Å². The summed E-state index contributed by atoms with van der Waals surface area (Å²) >= 11 is 1.59. The second-order valence-electron chi connectivity index (χ2n) is 4.05. The van der Waals surface area contributed by atoms with E-state index < -0.39 is 11.4 Å². The number of H-pyrrole nitrogens is 1. The van der Waals surface area contributed by atoms with Gasteiger partial charge in [-0.05, 0) is 12.1 Å². The Bertz CT molecular complexity index is 640. The summed E-state index contributed by atoms with van der Waals surface area (Å²) in [6.45, 7) is 0.796. The van der Waals surface area contributed by atoms with Crippen molar-refractivity contribution < 1.29 is 9.13 Å². The summed E-state index contributed by atoms with van der Waals surface area (Å²) in [5.41, 5.74) is 0.158. The first-order valence-electron chi connectivity index (χ1n) is 5.64. The second-order valence-corrected chi connectivity index (χ2v) is 5.19. The highest BCUT2D eigenvalue weighted by molar-refractivity contribution is 7.99. The molecule has 0 saturated carbocycles. The predicted octanol–water partition coefficient (Wildman–Crippen LogP) is 2.04. The Balaban J connectivity index is 1.91. The Kier molecular flexibility index (Phi) is 3.05. The molecule has 2 heterocycles. The molecule has 0 amide bonds. The monoisotopic (exact) mass is 266 g/mol. The van der Waals surface area contributed by atoms with E-state index in [0.29, 0.717) is 17.1 Å². The Morgan fingerprint density at radius 2 is 2.39 bits per heavy atom. The van der Waals surface area contributed by atoms with Gasteiger partial charge in [-0.15, -0.1) is 11.8 Å². The summed E-state index contributed by atoms with van der Waals surface area (Å²) < 4.78 is 18.7. The number of hydrogen-bond acceptors (Lipinski definition) is 4. The Labute approximate surface area is 107 Å². The van der Waals surface area contributed by atoms with Gasteiger partial charge in [0.1, 0.15) is 22.5 Å². The van der Waals surface area contributed by atoms with Crippen molar-refractivity contribution in [2.24, 2.45) is 0 Å². The fraction of sp³-hybridized carbons (Fsp3) is 0.333. The molecular weight excluding hydrogens is 255 g/mol. The third kappa shape index (κ3) is 2.13. The summed E-state index contributed by atoms with van der Waals surface area (Å²) in [5.74, 6) is 0.577. The lowest BCUT2D eigenvalue weighted by Crippen LogP contribution is -2.23. The van der Waals surface area contributed by atoms with Crippen LogP contribution in [0.5, 0.6) is 0 Å². The van der Waals surface area contributed by atoms with Crippen LogP contribution in [0.2, 0.25) is 0 Å². The summed E-state index contributed by atoms with van der Waals surface area (Å²) in [6.07, 6.45) is 1.02. The van der Waals surface area contributed by atoms with E-state index in [1.54, 1.807) is 23.9 Å². The summed E-state index contributed by atoms with van der Waals surface area (Å²) in [7, 11) is 0. The van der Waals surface area contributed by atoms with Crippen molar-refractivity contribution >= 4 is 22.7 Å². The second kappa shape index (κ2) is 4.70. The van der Waals surface area contributed by atoms with Gasteiger partial charge in [0.05, 0.1) is 17.9 Å². The van der Waals surface area contributed by atoms with Crippen molar-refractivity contribution in [2.75, 3.05) is 6.61 Å². The number of aromatic nitrogens is 2. The fourth-order valence-electron chi connectivity index (χ4n) is 1.78. The van der Waals surface area contributed by atoms with Gasteiger partial charge in [0.15, 0.2) is 0 Å². The van der Waals surface area contributed by atoms with Gasteiger partial charge in [0.2, 0.25) is 0 Å². The van der Waals surface area contributed by atoms with Crippen molar-refractivity contribution in [1.29, 1.82) is 0 Å². The van der Waals surface area contributed by atoms with Crippen LogP contribution in [0.4, 0.5) is 4.39 Å². The molecule has 1 atom stereocenters. The quantitative estimate of drug-likeness (QED) is 0.923. The minimum atomic E-state index is -0.539. The van der Waals surface area contributed by atoms with E-state index in [0.717, 1.165) is 13.0 Å². The molecule has 1 unspecified atom stereocenters. The molecule has 3 rings (SSSR count). The molecule has 1 fully saturated rings. The zero-order valence-corrected chi connectivity index (χ0v) is 10.3. The standard InChI is InChI=1S/C12H11FN2O2S/c13-7-2-1-3-8-11(7)12(16)15-9(14-8)6-18-10-4-5-17-10/h1-3,10H,4-6H2,(H,14,15,16). The van der Waals surface area contributed by atoms with E-state index in [-0.39, 0.29) is 10.8 Å². The minimum Gasteiger partial charge on any atom is -0.367 e. The van der Waals surface area contributed by atoms with Gasteiger partial charge < -0.3 is 9.72 Å². The van der Waals surface area contributed by atoms with Crippen LogP contribution < -0.4 is 5.56 Å². The van der Waals surface area contributed by atoms with E-state index in [1.807, 2.05) is 0 Å². The van der Waals surface area contributed by atoms with Gasteiger partial charge in [-0.25, -0.2) is 9.37 Å². The lowest BCUT2D eigenvalue weighted by molar-refractivity contribution is 0.00973. The van der Waals surface area contributed by atoms with Crippen LogP contribution in [0, 0.1) is 5.82 Å². The lowest BCUT2D eigenvalue weighted by Gasteiger charge is -2.25. The third-order valence-corrected chi connectivity index (χ3v) is 3.98. The SMILES string of the molecule is O=c1[nH]c(CSC2CCO2)nc2cccc(F)c12.